The van der Waals surface area contributed by atoms with Crippen LogP contribution in [0.5, 0.6) is 0 Å². The van der Waals surface area contributed by atoms with E-state index in [2.05, 4.69) is 11.9 Å². The first kappa shape index (κ1) is 11.0. The van der Waals surface area contributed by atoms with Crippen LogP contribution in [0.2, 0.25) is 0 Å². The van der Waals surface area contributed by atoms with E-state index in [1.807, 2.05) is 0 Å². The van der Waals surface area contributed by atoms with Crippen LogP contribution in [0, 0.1) is 11.3 Å². The number of nitrogens with one attached hydrogen (secondary N) is 1. The van der Waals surface area contributed by atoms with Gasteiger partial charge in [0, 0.05) is 19.0 Å². The molecule has 0 aliphatic heterocycles. The van der Waals surface area contributed by atoms with Crippen molar-refractivity contribution in [1.82, 2.24) is 4.90 Å². The Balaban J connectivity index is 1.87. The van der Waals surface area contributed by atoms with Crippen LogP contribution in [0.4, 0.5) is 0 Å². The van der Waals surface area contributed by atoms with Crippen LogP contribution in [-0.4, -0.2) is 23.8 Å². The van der Waals surface area contributed by atoms with Crippen molar-refractivity contribution in [2.75, 3.05) is 7.05 Å². The van der Waals surface area contributed by atoms with Gasteiger partial charge in [0.1, 0.15) is 0 Å². The van der Waals surface area contributed by atoms with Gasteiger partial charge >= 0.3 is 0 Å². The molecule has 0 spiro atoms. The standard InChI is InChI=1S/C13H24N2/c1-15(12-9-5-6-10-12)13(14)11-7-3-2-4-8-11/h11-12,14H,2-10H2,1H3. The minimum absolute atomic E-state index is 0.573. The van der Waals surface area contributed by atoms with Gasteiger partial charge in [0.05, 0.1) is 5.84 Å². The van der Waals surface area contributed by atoms with Crippen LogP contribution >= 0.6 is 0 Å². The van der Waals surface area contributed by atoms with Gasteiger partial charge in [0.2, 0.25) is 0 Å². The fourth-order valence-electron chi connectivity index (χ4n) is 3.15. The highest BCUT2D eigenvalue weighted by Gasteiger charge is 2.26. The number of rotatable bonds is 2. The van der Waals surface area contributed by atoms with E-state index in [1.54, 1.807) is 0 Å². The average Bonchev–Trinajstić information content (AvgIpc) is 2.82. The Morgan fingerprint density at radius 2 is 1.47 bits per heavy atom. The second-order valence-corrected chi connectivity index (χ2v) is 5.27. The van der Waals surface area contributed by atoms with Gasteiger partial charge in [-0.1, -0.05) is 32.1 Å². The van der Waals surface area contributed by atoms with E-state index in [-0.39, 0.29) is 0 Å². The first-order valence-electron chi connectivity index (χ1n) is 6.60. The molecule has 2 fully saturated rings. The number of amidine groups is 1. The molecule has 0 amide bonds. The summed E-state index contributed by atoms with van der Waals surface area (Å²) in [4.78, 5) is 2.28. The second kappa shape index (κ2) is 5.00. The van der Waals surface area contributed by atoms with Crippen molar-refractivity contribution in [3.63, 3.8) is 0 Å². The maximum atomic E-state index is 8.28. The normalized spacial score (nSPS) is 24.3. The molecule has 0 radical (unpaired) electrons. The maximum absolute atomic E-state index is 8.28. The SMILES string of the molecule is CN(C(=N)C1CCCCC1)C1CCCC1. The van der Waals surface area contributed by atoms with Gasteiger partial charge in [-0.3, -0.25) is 5.41 Å². The molecular weight excluding hydrogens is 184 g/mol. The molecular formula is C13H24N2. The summed E-state index contributed by atoms with van der Waals surface area (Å²) in [6.45, 7) is 0. The lowest BCUT2D eigenvalue weighted by Crippen LogP contribution is -2.39. The summed E-state index contributed by atoms with van der Waals surface area (Å²) < 4.78 is 0. The molecule has 0 saturated heterocycles. The second-order valence-electron chi connectivity index (χ2n) is 5.27. The fourth-order valence-corrected chi connectivity index (χ4v) is 3.15. The molecule has 0 atom stereocenters. The van der Waals surface area contributed by atoms with E-state index < -0.39 is 0 Å². The van der Waals surface area contributed by atoms with E-state index in [1.165, 1.54) is 57.8 Å². The van der Waals surface area contributed by atoms with Crippen LogP contribution in [-0.2, 0) is 0 Å². The maximum Gasteiger partial charge on any atom is 0.0989 e. The molecule has 0 aromatic carbocycles. The van der Waals surface area contributed by atoms with Gasteiger partial charge < -0.3 is 4.90 Å². The monoisotopic (exact) mass is 208 g/mol. The smallest absolute Gasteiger partial charge is 0.0989 e. The van der Waals surface area contributed by atoms with Crippen LogP contribution in [0.15, 0.2) is 0 Å². The Hall–Kier alpha value is -0.530. The first-order valence-corrected chi connectivity index (χ1v) is 6.60. The predicted octanol–water partition coefficient (Wildman–Crippen LogP) is 3.42. The largest absolute Gasteiger partial charge is 0.360 e. The van der Waals surface area contributed by atoms with Crippen molar-refractivity contribution in [2.45, 2.75) is 63.8 Å². The van der Waals surface area contributed by atoms with Gasteiger partial charge in [0.15, 0.2) is 0 Å². The summed E-state index contributed by atoms with van der Waals surface area (Å²) in [6.07, 6.45) is 11.9. The fraction of sp³-hybridized carbons (Fsp3) is 0.923. The summed E-state index contributed by atoms with van der Waals surface area (Å²) in [5.41, 5.74) is 0. The van der Waals surface area contributed by atoms with Gasteiger partial charge in [-0.05, 0) is 25.7 Å². The quantitative estimate of drug-likeness (QED) is 0.546. The molecule has 2 aliphatic carbocycles. The molecule has 2 heteroatoms. The Labute approximate surface area is 93.6 Å². The van der Waals surface area contributed by atoms with Crippen LogP contribution in [0.3, 0.4) is 0 Å². The van der Waals surface area contributed by atoms with Crippen LogP contribution < -0.4 is 0 Å². The Bertz CT molecular complexity index is 213. The molecule has 1 N–H and O–H groups in total. The molecule has 2 saturated carbocycles. The molecule has 2 nitrogen and oxygen atoms in total. The highest BCUT2D eigenvalue weighted by atomic mass is 15.2. The van der Waals surface area contributed by atoms with E-state index in [4.69, 9.17) is 5.41 Å². The summed E-state index contributed by atoms with van der Waals surface area (Å²) in [5, 5.41) is 8.28. The average molecular weight is 208 g/mol. The van der Waals surface area contributed by atoms with Crippen LogP contribution in [0.25, 0.3) is 0 Å². The summed E-state index contributed by atoms with van der Waals surface area (Å²) in [7, 11) is 2.15. The number of hydrogen-bond acceptors (Lipinski definition) is 1. The highest BCUT2D eigenvalue weighted by Crippen LogP contribution is 2.29. The lowest BCUT2D eigenvalue weighted by molar-refractivity contribution is 0.325. The third kappa shape index (κ3) is 2.53. The molecule has 15 heavy (non-hydrogen) atoms. The zero-order chi connectivity index (χ0) is 10.7. The van der Waals surface area contributed by atoms with Gasteiger partial charge in [-0.25, -0.2) is 0 Å². The van der Waals surface area contributed by atoms with E-state index in [0.29, 0.717) is 12.0 Å². The third-order valence-electron chi connectivity index (χ3n) is 4.24. The van der Waals surface area contributed by atoms with Crippen molar-refractivity contribution in [3.05, 3.63) is 0 Å². The van der Waals surface area contributed by atoms with Crippen molar-refractivity contribution >= 4 is 5.84 Å². The Morgan fingerprint density at radius 1 is 0.933 bits per heavy atom. The van der Waals surface area contributed by atoms with Gasteiger partial charge in [-0.2, -0.15) is 0 Å². The number of hydrogen-bond donors (Lipinski definition) is 1. The Morgan fingerprint density at radius 3 is 2.07 bits per heavy atom. The minimum Gasteiger partial charge on any atom is -0.360 e. The molecule has 86 valence electrons. The van der Waals surface area contributed by atoms with Crippen molar-refractivity contribution in [1.29, 1.82) is 5.41 Å². The van der Waals surface area contributed by atoms with Crippen molar-refractivity contribution in [3.8, 4) is 0 Å². The molecule has 0 bridgehead atoms. The minimum atomic E-state index is 0.573. The first-order chi connectivity index (χ1) is 7.29. The molecule has 0 heterocycles. The van der Waals surface area contributed by atoms with Gasteiger partial charge in [0.25, 0.3) is 0 Å². The summed E-state index contributed by atoms with van der Waals surface area (Å²) in [5.74, 6) is 1.51. The zero-order valence-corrected chi connectivity index (χ0v) is 9.97. The predicted molar refractivity (Wildman–Crippen MR) is 64.3 cm³/mol. The van der Waals surface area contributed by atoms with Crippen LogP contribution in [0.1, 0.15) is 57.8 Å². The summed E-state index contributed by atoms with van der Waals surface area (Å²) >= 11 is 0. The van der Waals surface area contributed by atoms with E-state index >= 15 is 0 Å². The zero-order valence-electron chi connectivity index (χ0n) is 9.97. The molecule has 0 unspecified atom stereocenters. The molecule has 2 aliphatic rings. The molecule has 2 rings (SSSR count). The van der Waals surface area contributed by atoms with Gasteiger partial charge in [-0.15, -0.1) is 0 Å². The van der Waals surface area contributed by atoms with Crippen molar-refractivity contribution in [2.24, 2.45) is 5.92 Å². The highest BCUT2D eigenvalue weighted by molar-refractivity contribution is 5.81. The molecule has 0 aromatic rings. The summed E-state index contributed by atoms with van der Waals surface area (Å²) in [6, 6.07) is 0.680. The lowest BCUT2D eigenvalue weighted by Gasteiger charge is -2.33. The van der Waals surface area contributed by atoms with E-state index in [9.17, 15) is 0 Å². The lowest BCUT2D eigenvalue weighted by atomic mass is 9.87. The number of nitrogens with zero attached hydrogens (tertiary/aromatic N) is 1. The molecule has 0 aromatic heterocycles. The topological polar surface area (TPSA) is 27.1 Å². The van der Waals surface area contributed by atoms with E-state index in [0.717, 1.165) is 5.84 Å². The third-order valence-corrected chi connectivity index (χ3v) is 4.24. The Kier molecular flexibility index (Phi) is 3.66. The van der Waals surface area contributed by atoms with Crippen molar-refractivity contribution < 1.29 is 0 Å².